The van der Waals surface area contributed by atoms with Gasteiger partial charge in [0.05, 0.1) is 17.8 Å². The molecule has 1 N–H and O–H groups in total. The Morgan fingerprint density at radius 2 is 1.75 bits per heavy atom. The van der Waals surface area contributed by atoms with Gasteiger partial charge in [0, 0.05) is 0 Å². The minimum Gasteiger partial charge on any atom is -0.390 e. The molecule has 0 aromatic heterocycles. The van der Waals surface area contributed by atoms with Gasteiger partial charge in [-0.1, -0.05) is 12.8 Å². The normalized spacial score (nSPS) is 32.0. The van der Waals surface area contributed by atoms with Crippen molar-refractivity contribution >= 4 is 0 Å². The fourth-order valence-corrected chi connectivity index (χ4v) is 1.67. The number of aliphatic hydroxyl groups is 1. The van der Waals surface area contributed by atoms with E-state index in [1.807, 2.05) is 20.8 Å². The van der Waals surface area contributed by atoms with Gasteiger partial charge in [-0.2, -0.15) is 0 Å². The second kappa shape index (κ2) is 3.75. The Hall–Kier alpha value is -0.0800. The summed E-state index contributed by atoms with van der Waals surface area (Å²) >= 11 is 0. The molecule has 0 saturated heterocycles. The monoisotopic (exact) mass is 172 g/mol. The van der Waals surface area contributed by atoms with Gasteiger partial charge in [-0.3, -0.25) is 0 Å². The summed E-state index contributed by atoms with van der Waals surface area (Å²) in [6.45, 7) is 6.11. The average molecular weight is 172 g/mol. The van der Waals surface area contributed by atoms with Crippen LogP contribution in [0.4, 0.5) is 0 Å². The first-order valence-electron chi connectivity index (χ1n) is 4.85. The summed E-state index contributed by atoms with van der Waals surface area (Å²) in [6, 6.07) is 0. The Balaban J connectivity index is 2.39. The molecule has 1 aliphatic rings. The topological polar surface area (TPSA) is 29.5 Å². The second-order valence-electron chi connectivity index (χ2n) is 4.62. The lowest BCUT2D eigenvalue weighted by molar-refractivity contribution is -0.124. The van der Waals surface area contributed by atoms with E-state index in [2.05, 4.69) is 0 Å². The quantitative estimate of drug-likeness (QED) is 0.656. The van der Waals surface area contributed by atoms with E-state index >= 15 is 0 Å². The second-order valence-corrected chi connectivity index (χ2v) is 4.62. The Morgan fingerprint density at radius 1 is 1.17 bits per heavy atom. The molecule has 12 heavy (non-hydrogen) atoms. The van der Waals surface area contributed by atoms with Gasteiger partial charge in [0.1, 0.15) is 0 Å². The molecule has 2 unspecified atom stereocenters. The van der Waals surface area contributed by atoms with Crippen molar-refractivity contribution in [3.63, 3.8) is 0 Å². The van der Waals surface area contributed by atoms with E-state index in [1.165, 1.54) is 6.42 Å². The molecule has 2 heteroatoms. The van der Waals surface area contributed by atoms with Crippen LogP contribution >= 0.6 is 0 Å². The summed E-state index contributed by atoms with van der Waals surface area (Å²) in [5.41, 5.74) is -0.122. The van der Waals surface area contributed by atoms with Crippen molar-refractivity contribution in [1.29, 1.82) is 0 Å². The largest absolute Gasteiger partial charge is 0.390 e. The van der Waals surface area contributed by atoms with E-state index in [1.54, 1.807) is 0 Å². The highest BCUT2D eigenvalue weighted by Gasteiger charge is 2.27. The van der Waals surface area contributed by atoms with E-state index in [-0.39, 0.29) is 17.8 Å². The lowest BCUT2D eigenvalue weighted by Crippen LogP contribution is -2.38. The summed E-state index contributed by atoms with van der Waals surface area (Å²) in [6.07, 6.45) is 4.08. The maximum Gasteiger partial charge on any atom is 0.0841 e. The first-order chi connectivity index (χ1) is 5.49. The van der Waals surface area contributed by atoms with Gasteiger partial charge < -0.3 is 9.84 Å². The van der Waals surface area contributed by atoms with Crippen molar-refractivity contribution in [1.82, 2.24) is 0 Å². The third kappa shape index (κ3) is 3.11. The molecule has 1 fully saturated rings. The summed E-state index contributed by atoms with van der Waals surface area (Å²) in [5.74, 6) is 0. The molecule has 0 spiro atoms. The number of ether oxygens (including phenoxy) is 1. The molecule has 0 aromatic rings. The molecule has 0 bridgehead atoms. The van der Waals surface area contributed by atoms with Crippen LogP contribution in [0.1, 0.15) is 46.5 Å². The molecule has 2 atom stereocenters. The fraction of sp³-hybridized carbons (Fsp3) is 1.00. The zero-order valence-corrected chi connectivity index (χ0v) is 8.34. The van der Waals surface area contributed by atoms with Crippen molar-refractivity contribution in [3.05, 3.63) is 0 Å². The lowest BCUT2D eigenvalue weighted by atomic mass is 9.94. The zero-order valence-electron chi connectivity index (χ0n) is 8.34. The van der Waals surface area contributed by atoms with Crippen LogP contribution in [-0.2, 0) is 4.74 Å². The molecule has 1 saturated carbocycles. The smallest absolute Gasteiger partial charge is 0.0841 e. The molecule has 0 radical (unpaired) electrons. The standard InChI is InChI=1S/C10H20O2/c1-10(2,3)12-9-7-5-4-6-8(9)11/h8-9,11H,4-7H2,1-3H3. The molecule has 1 rings (SSSR count). The van der Waals surface area contributed by atoms with Gasteiger partial charge in [-0.15, -0.1) is 0 Å². The number of rotatable bonds is 1. The first-order valence-corrected chi connectivity index (χ1v) is 4.85. The predicted molar refractivity (Wildman–Crippen MR) is 49.1 cm³/mol. The Morgan fingerprint density at radius 3 is 2.25 bits per heavy atom. The number of hydrogen-bond acceptors (Lipinski definition) is 2. The SMILES string of the molecule is CC(C)(C)OC1CCCCC1O. The highest BCUT2D eigenvalue weighted by atomic mass is 16.5. The van der Waals surface area contributed by atoms with Crippen molar-refractivity contribution in [3.8, 4) is 0 Å². The summed E-state index contributed by atoms with van der Waals surface area (Å²) < 4.78 is 5.74. The van der Waals surface area contributed by atoms with Gasteiger partial charge in [-0.05, 0) is 33.6 Å². The molecule has 1 aliphatic carbocycles. The van der Waals surface area contributed by atoms with Crippen molar-refractivity contribution in [2.24, 2.45) is 0 Å². The van der Waals surface area contributed by atoms with Crippen LogP contribution in [-0.4, -0.2) is 22.9 Å². The van der Waals surface area contributed by atoms with Gasteiger partial charge in [0.2, 0.25) is 0 Å². The maximum absolute atomic E-state index is 9.61. The average Bonchev–Trinajstić information content (AvgIpc) is 1.91. The summed E-state index contributed by atoms with van der Waals surface area (Å²) in [4.78, 5) is 0. The van der Waals surface area contributed by atoms with Crippen molar-refractivity contribution in [2.45, 2.75) is 64.3 Å². The first kappa shape index (κ1) is 10.0. The van der Waals surface area contributed by atoms with Gasteiger partial charge in [-0.25, -0.2) is 0 Å². The van der Waals surface area contributed by atoms with Crippen LogP contribution in [0, 0.1) is 0 Å². The molecule has 0 aliphatic heterocycles. The maximum atomic E-state index is 9.61. The van der Waals surface area contributed by atoms with Crippen molar-refractivity contribution in [2.75, 3.05) is 0 Å². The molecule has 72 valence electrons. The van der Waals surface area contributed by atoms with Gasteiger partial charge >= 0.3 is 0 Å². The molecule has 2 nitrogen and oxygen atoms in total. The van der Waals surface area contributed by atoms with E-state index in [4.69, 9.17) is 4.74 Å². The molecule has 0 aromatic carbocycles. The zero-order chi connectivity index (χ0) is 9.19. The Labute approximate surface area is 74.9 Å². The van der Waals surface area contributed by atoms with Crippen LogP contribution in [0.5, 0.6) is 0 Å². The van der Waals surface area contributed by atoms with Crippen LogP contribution in [0.25, 0.3) is 0 Å². The fourth-order valence-electron chi connectivity index (χ4n) is 1.67. The van der Waals surface area contributed by atoms with Crippen LogP contribution in [0.3, 0.4) is 0 Å². The summed E-state index contributed by atoms with van der Waals surface area (Å²) in [5, 5.41) is 9.61. The van der Waals surface area contributed by atoms with Crippen LogP contribution < -0.4 is 0 Å². The molecule has 0 amide bonds. The minimum atomic E-state index is -0.238. The van der Waals surface area contributed by atoms with Gasteiger partial charge in [0.25, 0.3) is 0 Å². The molecular formula is C10H20O2. The van der Waals surface area contributed by atoms with Crippen LogP contribution in [0.2, 0.25) is 0 Å². The van der Waals surface area contributed by atoms with E-state index < -0.39 is 0 Å². The molecule has 0 heterocycles. The third-order valence-electron chi connectivity index (χ3n) is 2.17. The number of aliphatic hydroxyl groups excluding tert-OH is 1. The third-order valence-corrected chi connectivity index (χ3v) is 2.17. The molecular weight excluding hydrogens is 152 g/mol. The van der Waals surface area contributed by atoms with Gasteiger partial charge in [0.15, 0.2) is 0 Å². The Bertz CT molecular complexity index is 137. The Kier molecular flexibility index (Phi) is 3.13. The van der Waals surface area contributed by atoms with Crippen molar-refractivity contribution < 1.29 is 9.84 Å². The summed E-state index contributed by atoms with van der Waals surface area (Å²) in [7, 11) is 0. The highest BCUT2D eigenvalue weighted by molar-refractivity contribution is 4.77. The number of hydrogen-bond donors (Lipinski definition) is 1. The van der Waals surface area contributed by atoms with Crippen LogP contribution in [0.15, 0.2) is 0 Å². The lowest BCUT2D eigenvalue weighted by Gasteiger charge is -2.33. The van der Waals surface area contributed by atoms with E-state index in [0.29, 0.717) is 0 Å². The predicted octanol–water partition coefficient (Wildman–Crippen LogP) is 2.11. The minimum absolute atomic E-state index is 0.0683. The van der Waals surface area contributed by atoms with E-state index in [9.17, 15) is 5.11 Å². The highest BCUT2D eigenvalue weighted by Crippen LogP contribution is 2.24. The van der Waals surface area contributed by atoms with E-state index in [0.717, 1.165) is 19.3 Å².